The summed E-state index contributed by atoms with van der Waals surface area (Å²) in [5, 5.41) is 0. The molecular formula is C15H22. The van der Waals surface area contributed by atoms with E-state index in [4.69, 9.17) is 0 Å². The van der Waals surface area contributed by atoms with Crippen molar-refractivity contribution in [3.05, 3.63) is 35.9 Å². The number of hydrogen-bond donors (Lipinski definition) is 0. The van der Waals surface area contributed by atoms with E-state index in [1.54, 1.807) is 0 Å². The molecule has 1 aromatic rings. The molecule has 2 rings (SSSR count). The van der Waals surface area contributed by atoms with E-state index >= 15 is 0 Å². The lowest BCUT2D eigenvalue weighted by Gasteiger charge is -2.28. The first kappa shape index (κ1) is 10.7. The summed E-state index contributed by atoms with van der Waals surface area (Å²) in [5.41, 5.74) is 1.53. The van der Waals surface area contributed by atoms with Crippen molar-refractivity contribution in [3.8, 4) is 0 Å². The van der Waals surface area contributed by atoms with Gasteiger partial charge < -0.3 is 0 Å². The maximum Gasteiger partial charge on any atom is -0.0250 e. The van der Waals surface area contributed by atoms with Crippen LogP contribution in [-0.4, -0.2) is 0 Å². The third-order valence-corrected chi connectivity index (χ3v) is 3.84. The van der Waals surface area contributed by atoms with Gasteiger partial charge in [-0.15, -0.1) is 0 Å². The highest BCUT2D eigenvalue weighted by atomic mass is 14.3. The molecule has 0 radical (unpaired) electrons. The highest BCUT2D eigenvalue weighted by molar-refractivity contribution is 5.15. The molecule has 0 heteroatoms. The Bertz CT molecular complexity index is 275. The van der Waals surface area contributed by atoms with Crippen molar-refractivity contribution >= 4 is 0 Å². The van der Waals surface area contributed by atoms with E-state index in [1.165, 1.54) is 44.1 Å². The topological polar surface area (TPSA) is 0 Å². The second kappa shape index (κ2) is 5.34. The second-order valence-electron chi connectivity index (χ2n) is 5.00. The molecule has 1 aromatic carbocycles. The molecule has 1 aliphatic rings. The van der Waals surface area contributed by atoms with Gasteiger partial charge in [-0.2, -0.15) is 0 Å². The third kappa shape index (κ3) is 3.09. The minimum absolute atomic E-state index is 0.950. The van der Waals surface area contributed by atoms with E-state index in [-0.39, 0.29) is 0 Å². The monoisotopic (exact) mass is 202 g/mol. The summed E-state index contributed by atoms with van der Waals surface area (Å²) >= 11 is 0. The average Bonchev–Trinajstić information content (AvgIpc) is 2.31. The lowest BCUT2D eigenvalue weighted by atomic mass is 9.78. The van der Waals surface area contributed by atoms with Crippen molar-refractivity contribution < 1.29 is 0 Å². The summed E-state index contributed by atoms with van der Waals surface area (Å²) in [6, 6.07) is 11.0. The van der Waals surface area contributed by atoms with Crippen molar-refractivity contribution in [1.82, 2.24) is 0 Å². The lowest BCUT2D eigenvalue weighted by molar-refractivity contribution is 0.259. The molecule has 0 spiro atoms. The maximum atomic E-state index is 2.34. The first-order chi connectivity index (χ1) is 7.38. The first-order valence-corrected chi connectivity index (χ1v) is 6.42. The van der Waals surface area contributed by atoms with Crippen LogP contribution in [0.25, 0.3) is 0 Å². The summed E-state index contributed by atoms with van der Waals surface area (Å²) in [5.74, 6) is 1.96. The van der Waals surface area contributed by atoms with Gasteiger partial charge >= 0.3 is 0 Å². The van der Waals surface area contributed by atoms with E-state index < -0.39 is 0 Å². The fourth-order valence-electron chi connectivity index (χ4n) is 2.91. The van der Waals surface area contributed by atoms with Gasteiger partial charge in [0, 0.05) is 0 Å². The van der Waals surface area contributed by atoms with E-state index in [2.05, 4.69) is 37.3 Å². The van der Waals surface area contributed by atoms with Crippen LogP contribution in [0.3, 0.4) is 0 Å². The molecule has 0 nitrogen and oxygen atoms in total. The smallest absolute Gasteiger partial charge is 0.0250 e. The highest BCUT2D eigenvalue weighted by Crippen LogP contribution is 2.32. The molecule has 15 heavy (non-hydrogen) atoms. The van der Waals surface area contributed by atoms with Gasteiger partial charge in [-0.05, 0) is 30.2 Å². The van der Waals surface area contributed by atoms with Crippen LogP contribution in [0.15, 0.2) is 30.3 Å². The molecule has 1 aliphatic carbocycles. The van der Waals surface area contributed by atoms with Crippen LogP contribution in [-0.2, 0) is 6.42 Å². The first-order valence-electron chi connectivity index (χ1n) is 6.42. The fourth-order valence-corrected chi connectivity index (χ4v) is 2.91. The predicted molar refractivity (Wildman–Crippen MR) is 65.9 cm³/mol. The fraction of sp³-hybridized carbons (Fsp3) is 0.600. The Morgan fingerprint density at radius 3 is 2.53 bits per heavy atom. The van der Waals surface area contributed by atoms with Crippen molar-refractivity contribution in [2.24, 2.45) is 11.8 Å². The van der Waals surface area contributed by atoms with E-state index in [1.807, 2.05) is 0 Å². The van der Waals surface area contributed by atoms with Crippen molar-refractivity contribution in [2.45, 2.75) is 45.4 Å². The molecule has 0 amide bonds. The van der Waals surface area contributed by atoms with Crippen LogP contribution in [0.4, 0.5) is 0 Å². The average molecular weight is 202 g/mol. The highest BCUT2D eigenvalue weighted by Gasteiger charge is 2.20. The van der Waals surface area contributed by atoms with Crippen LogP contribution in [0.1, 0.15) is 44.6 Å². The summed E-state index contributed by atoms with van der Waals surface area (Å²) in [4.78, 5) is 0. The minimum Gasteiger partial charge on any atom is -0.0651 e. The predicted octanol–water partition coefficient (Wildman–Crippen LogP) is 4.45. The third-order valence-electron chi connectivity index (χ3n) is 3.84. The summed E-state index contributed by atoms with van der Waals surface area (Å²) in [7, 11) is 0. The number of hydrogen-bond acceptors (Lipinski definition) is 0. The molecule has 0 saturated heterocycles. The van der Waals surface area contributed by atoms with E-state index in [9.17, 15) is 0 Å². The summed E-state index contributed by atoms with van der Waals surface area (Å²) < 4.78 is 0. The van der Waals surface area contributed by atoms with Crippen LogP contribution in [0.5, 0.6) is 0 Å². The Labute approximate surface area is 93.7 Å². The largest absolute Gasteiger partial charge is 0.0651 e. The Morgan fingerprint density at radius 1 is 1.07 bits per heavy atom. The quantitative estimate of drug-likeness (QED) is 0.679. The molecular weight excluding hydrogens is 180 g/mol. The summed E-state index contributed by atoms with van der Waals surface area (Å²) in [6.45, 7) is 2.34. The number of rotatable bonds is 3. The van der Waals surface area contributed by atoms with Gasteiger partial charge in [0.2, 0.25) is 0 Å². The Balaban J connectivity index is 1.89. The molecule has 0 N–H and O–H groups in total. The molecule has 0 bridgehead atoms. The van der Waals surface area contributed by atoms with E-state index in [0.717, 1.165) is 11.8 Å². The number of benzene rings is 1. The standard InChI is InChI=1S/C15H22/c1-2-13-9-6-10-15(11-13)12-14-7-4-3-5-8-14/h3-5,7-8,13,15H,2,6,9-12H2,1H3/t13-,15+/m1/s1. The maximum absolute atomic E-state index is 2.34. The van der Waals surface area contributed by atoms with Gasteiger partial charge in [-0.1, -0.05) is 62.9 Å². The Morgan fingerprint density at radius 2 is 1.80 bits per heavy atom. The molecule has 82 valence electrons. The van der Waals surface area contributed by atoms with Gasteiger partial charge in [-0.25, -0.2) is 0 Å². The SMILES string of the molecule is CC[C@@H]1CCC[C@H](Cc2ccccc2)C1. The zero-order chi connectivity index (χ0) is 10.5. The normalized spacial score (nSPS) is 26.5. The van der Waals surface area contributed by atoms with Crippen molar-refractivity contribution in [2.75, 3.05) is 0 Å². The van der Waals surface area contributed by atoms with Crippen LogP contribution in [0.2, 0.25) is 0 Å². The molecule has 0 aliphatic heterocycles. The molecule has 1 saturated carbocycles. The van der Waals surface area contributed by atoms with Gasteiger partial charge in [-0.3, -0.25) is 0 Å². The Kier molecular flexibility index (Phi) is 3.82. The van der Waals surface area contributed by atoms with Crippen LogP contribution < -0.4 is 0 Å². The van der Waals surface area contributed by atoms with Gasteiger partial charge in [0.15, 0.2) is 0 Å². The van der Waals surface area contributed by atoms with Crippen molar-refractivity contribution in [3.63, 3.8) is 0 Å². The molecule has 0 heterocycles. The molecule has 0 unspecified atom stereocenters. The molecule has 1 fully saturated rings. The van der Waals surface area contributed by atoms with Crippen LogP contribution in [0, 0.1) is 11.8 Å². The summed E-state index contributed by atoms with van der Waals surface area (Å²) in [6.07, 6.45) is 8.53. The lowest BCUT2D eigenvalue weighted by Crippen LogP contribution is -2.16. The van der Waals surface area contributed by atoms with Crippen LogP contribution >= 0.6 is 0 Å². The van der Waals surface area contributed by atoms with E-state index in [0.29, 0.717) is 0 Å². The van der Waals surface area contributed by atoms with Gasteiger partial charge in [0.25, 0.3) is 0 Å². The van der Waals surface area contributed by atoms with Crippen molar-refractivity contribution in [1.29, 1.82) is 0 Å². The van der Waals surface area contributed by atoms with Gasteiger partial charge in [0.1, 0.15) is 0 Å². The second-order valence-corrected chi connectivity index (χ2v) is 5.00. The Hall–Kier alpha value is -0.780. The van der Waals surface area contributed by atoms with Gasteiger partial charge in [0.05, 0.1) is 0 Å². The minimum atomic E-state index is 0.950. The molecule has 2 atom stereocenters. The molecule has 0 aromatic heterocycles. The zero-order valence-electron chi connectivity index (χ0n) is 9.78. The zero-order valence-corrected chi connectivity index (χ0v) is 9.78.